The van der Waals surface area contributed by atoms with E-state index < -0.39 is 0 Å². The van der Waals surface area contributed by atoms with Crippen LogP contribution in [0.3, 0.4) is 0 Å². The highest BCUT2D eigenvalue weighted by atomic mass is 16.5. The highest BCUT2D eigenvalue weighted by Gasteiger charge is 2.12. The van der Waals surface area contributed by atoms with Gasteiger partial charge in [0, 0.05) is 19.7 Å². The van der Waals surface area contributed by atoms with E-state index in [9.17, 15) is 0 Å². The predicted octanol–water partition coefficient (Wildman–Crippen LogP) is 0.628. The fourth-order valence-corrected chi connectivity index (χ4v) is 0.989. The molecule has 0 aromatic carbocycles. The average Bonchev–Trinajstić information content (AvgIpc) is 1.96. The Bertz CT molecular complexity index is 105. The van der Waals surface area contributed by atoms with Crippen molar-refractivity contribution in [2.24, 2.45) is 5.92 Å². The Kier molecular flexibility index (Phi) is 6.34. The van der Waals surface area contributed by atoms with E-state index in [2.05, 4.69) is 19.2 Å². The third-order valence-electron chi connectivity index (χ3n) is 1.83. The van der Waals surface area contributed by atoms with Gasteiger partial charge in [-0.1, -0.05) is 13.8 Å². The molecule has 0 radical (unpaired) electrons. The third kappa shape index (κ3) is 5.52. The van der Waals surface area contributed by atoms with Crippen molar-refractivity contribution >= 4 is 0 Å². The van der Waals surface area contributed by atoms with Crippen molar-refractivity contribution in [3.63, 3.8) is 0 Å². The number of aliphatic hydroxyl groups excluding tert-OH is 1. The Morgan fingerprint density at radius 3 is 2.25 bits per heavy atom. The van der Waals surface area contributed by atoms with Crippen LogP contribution in [0.25, 0.3) is 0 Å². The highest BCUT2D eigenvalue weighted by Crippen LogP contribution is 2.01. The van der Waals surface area contributed by atoms with Crippen molar-refractivity contribution in [2.45, 2.75) is 32.9 Å². The Morgan fingerprint density at radius 1 is 1.33 bits per heavy atom. The van der Waals surface area contributed by atoms with Crippen LogP contribution in [0.2, 0.25) is 0 Å². The average molecular weight is 175 g/mol. The van der Waals surface area contributed by atoms with Gasteiger partial charge in [-0.15, -0.1) is 0 Å². The van der Waals surface area contributed by atoms with E-state index in [0.717, 1.165) is 0 Å². The van der Waals surface area contributed by atoms with E-state index in [1.807, 2.05) is 0 Å². The first-order valence-electron chi connectivity index (χ1n) is 4.48. The van der Waals surface area contributed by atoms with Gasteiger partial charge in [-0.05, 0) is 12.8 Å². The van der Waals surface area contributed by atoms with Gasteiger partial charge >= 0.3 is 0 Å². The fraction of sp³-hybridized carbons (Fsp3) is 1.00. The summed E-state index contributed by atoms with van der Waals surface area (Å²) in [6.45, 7) is 7.38. The number of aliphatic hydroxyl groups is 1. The molecule has 0 aliphatic heterocycles. The Hall–Kier alpha value is -0.120. The van der Waals surface area contributed by atoms with Gasteiger partial charge in [0.1, 0.15) is 0 Å². The number of rotatable bonds is 6. The number of nitrogens with one attached hydrogen (secondary N) is 1. The molecule has 0 saturated carbocycles. The van der Waals surface area contributed by atoms with E-state index in [1.165, 1.54) is 0 Å². The maximum Gasteiger partial charge on any atom is 0.0636 e. The molecule has 1 unspecified atom stereocenters. The van der Waals surface area contributed by atoms with Crippen molar-refractivity contribution in [3.8, 4) is 0 Å². The van der Waals surface area contributed by atoms with Crippen LogP contribution in [-0.2, 0) is 4.74 Å². The fourth-order valence-electron chi connectivity index (χ4n) is 0.989. The molecular formula is C9H21NO2. The molecule has 0 spiro atoms. The van der Waals surface area contributed by atoms with Crippen LogP contribution < -0.4 is 5.32 Å². The largest absolute Gasteiger partial charge is 0.392 e. The van der Waals surface area contributed by atoms with E-state index in [-0.39, 0.29) is 6.10 Å². The summed E-state index contributed by atoms with van der Waals surface area (Å²) >= 11 is 0. The molecule has 0 aromatic heterocycles. The van der Waals surface area contributed by atoms with Crippen molar-refractivity contribution in [3.05, 3.63) is 0 Å². The van der Waals surface area contributed by atoms with Gasteiger partial charge in [0.2, 0.25) is 0 Å². The summed E-state index contributed by atoms with van der Waals surface area (Å²) in [6, 6.07) is 0.338. The maximum atomic E-state index is 9.05. The minimum Gasteiger partial charge on any atom is -0.392 e. The molecule has 74 valence electrons. The minimum atomic E-state index is -0.289. The number of methoxy groups -OCH3 is 1. The van der Waals surface area contributed by atoms with Gasteiger partial charge in [-0.2, -0.15) is 0 Å². The van der Waals surface area contributed by atoms with Crippen molar-refractivity contribution in [1.82, 2.24) is 5.32 Å². The lowest BCUT2D eigenvalue weighted by Crippen LogP contribution is -2.41. The molecule has 0 bridgehead atoms. The summed E-state index contributed by atoms with van der Waals surface area (Å²) in [7, 11) is 1.69. The SMILES string of the molecule is COCC(NC[C@H](C)O)C(C)C. The molecule has 3 nitrogen and oxygen atoms in total. The summed E-state index contributed by atoms with van der Waals surface area (Å²) in [5.41, 5.74) is 0. The summed E-state index contributed by atoms with van der Waals surface area (Å²) in [6.07, 6.45) is -0.289. The summed E-state index contributed by atoms with van der Waals surface area (Å²) in [5.74, 6) is 0.531. The lowest BCUT2D eigenvalue weighted by atomic mass is 10.1. The molecule has 12 heavy (non-hydrogen) atoms. The topological polar surface area (TPSA) is 41.5 Å². The monoisotopic (exact) mass is 175 g/mol. The first-order valence-corrected chi connectivity index (χ1v) is 4.48. The zero-order valence-electron chi connectivity index (χ0n) is 8.50. The molecule has 0 rings (SSSR count). The first-order chi connectivity index (χ1) is 5.57. The highest BCUT2D eigenvalue weighted by molar-refractivity contribution is 4.70. The molecule has 0 amide bonds. The van der Waals surface area contributed by atoms with Gasteiger partial charge in [0.15, 0.2) is 0 Å². The number of hydrogen-bond donors (Lipinski definition) is 2. The van der Waals surface area contributed by atoms with Gasteiger partial charge in [-0.25, -0.2) is 0 Å². The van der Waals surface area contributed by atoms with E-state index in [1.54, 1.807) is 14.0 Å². The zero-order valence-corrected chi connectivity index (χ0v) is 8.50. The lowest BCUT2D eigenvalue weighted by molar-refractivity contribution is 0.129. The molecule has 2 atom stereocenters. The smallest absolute Gasteiger partial charge is 0.0636 e. The van der Waals surface area contributed by atoms with Gasteiger partial charge in [-0.3, -0.25) is 0 Å². The molecule has 0 aliphatic carbocycles. The second-order valence-corrected chi connectivity index (χ2v) is 3.56. The molecule has 0 heterocycles. The first kappa shape index (κ1) is 11.9. The standard InChI is InChI=1S/C9H21NO2/c1-7(2)9(6-12-4)10-5-8(3)11/h7-11H,5-6H2,1-4H3/t8-,9?/m0/s1. The van der Waals surface area contributed by atoms with Crippen molar-refractivity contribution in [1.29, 1.82) is 0 Å². The molecule has 3 heteroatoms. The van der Waals surface area contributed by atoms with Crippen LogP contribution in [0, 0.1) is 5.92 Å². The van der Waals surface area contributed by atoms with Crippen LogP contribution in [0.15, 0.2) is 0 Å². The summed E-state index contributed by atoms with van der Waals surface area (Å²) in [5, 5.41) is 12.3. The van der Waals surface area contributed by atoms with Crippen LogP contribution in [0.5, 0.6) is 0 Å². The predicted molar refractivity (Wildman–Crippen MR) is 50.2 cm³/mol. The minimum absolute atomic E-state index is 0.289. The van der Waals surface area contributed by atoms with E-state index >= 15 is 0 Å². The summed E-state index contributed by atoms with van der Waals surface area (Å²) < 4.78 is 5.05. The van der Waals surface area contributed by atoms with E-state index in [4.69, 9.17) is 9.84 Å². The van der Waals surface area contributed by atoms with Crippen LogP contribution in [0.4, 0.5) is 0 Å². The lowest BCUT2D eigenvalue weighted by Gasteiger charge is -2.22. The van der Waals surface area contributed by atoms with Crippen molar-refractivity contribution in [2.75, 3.05) is 20.3 Å². The molecule has 0 aliphatic rings. The molecule has 0 fully saturated rings. The van der Waals surface area contributed by atoms with Crippen molar-refractivity contribution < 1.29 is 9.84 Å². The zero-order chi connectivity index (χ0) is 9.56. The maximum absolute atomic E-state index is 9.05. The number of ether oxygens (including phenoxy) is 1. The van der Waals surface area contributed by atoms with Crippen LogP contribution in [-0.4, -0.2) is 37.5 Å². The van der Waals surface area contributed by atoms with Crippen LogP contribution >= 0.6 is 0 Å². The van der Waals surface area contributed by atoms with Gasteiger partial charge in [0.25, 0.3) is 0 Å². The van der Waals surface area contributed by atoms with E-state index in [0.29, 0.717) is 25.1 Å². The molecule has 0 saturated heterocycles. The van der Waals surface area contributed by atoms with Crippen LogP contribution in [0.1, 0.15) is 20.8 Å². The summed E-state index contributed by atoms with van der Waals surface area (Å²) in [4.78, 5) is 0. The second-order valence-electron chi connectivity index (χ2n) is 3.56. The third-order valence-corrected chi connectivity index (χ3v) is 1.83. The second kappa shape index (κ2) is 6.40. The quantitative estimate of drug-likeness (QED) is 0.622. The molecule has 2 N–H and O–H groups in total. The number of hydrogen-bond acceptors (Lipinski definition) is 3. The Labute approximate surface area is 75.1 Å². The molecule has 0 aromatic rings. The molecular weight excluding hydrogens is 154 g/mol. The Balaban J connectivity index is 3.63. The Morgan fingerprint density at radius 2 is 1.92 bits per heavy atom. The normalized spacial score (nSPS) is 16.5. The van der Waals surface area contributed by atoms with Gasteiger partial charge in [0.05, 0.1) is 12.7 Å². The van der Waals surface area contributed by atoms with Gasteiger partial charge < -0.3 is 15.2 Å².